The lowest BCUT2D eigenvalue weighted by atomic mass is 10.1. The lowest BCUT2D eigenvalue weighted by molar-refractivity contribution is 0.0492. The Morgan fingerprint density at radius 1 is 1.18 bits per heavy atom. The van der Waals surface area contributed by atoms with Crippen molar-refractivity contribution in [1.29, 1.82) is 0 Å². The van der Waals surface area contributed by atoms with Gasteiger partial charge in [0.1, 0.15) is 5.82 Å². The molecule has 3 aromatic rings. The fourth-order valence-corrected chi connectivity index (χ4v) is 4.73. The van der Waals surface area contributed by atoms with E-state index in [0.29, 0.717) is 6.04 Å². The zero-order valence-electron chi connectivity index (χ0n) is 16.4. The van der Waals surface area contributed by atoms with Crippen molar-refractivity contribution in [2.24, 2.45) is 0 Å². The van der Waals surface area contributed by atoms with E-state index in [4.69, 9.17) is 0 Å². The Morgan fingerprint density at radius 3 is 2.89 bits per heavy atom. The number of aromatic nitrogens is 2. The highest BCUT2D eigenvalue weighted by molar-refractivity contribution is 7.09. The van der Waals surface area contributed by atoms with E-state index in [1.807, 2.05) is 23.7 Å². The van der Waals surface area contributed by atoms with Gasteiger partial charge in [-0.05, 0) is 42.5 Å². The van der Waals surface area contributed by atoms with Crippen LogP contribution in [0.15, 0.2) is 54.2 Å². The van der Waals surface area contributed by atoms with E-state index >= 15 is 0 Å². The number of rotatable bonds is 7. The number of hydrogen-bond donors (Lipinski definition) is 1. The molecular formula is C22H28N4OS. The van der Waals surface area contributed by atoms with E-state index in [0.717, 1.165) is 50.7 Å². The Bertz CT molecular complexity index is 876. The van der Waals surface area contributed by atoms with Gasteiger partial charge in [-0.15, -0.1) is 11.3 Å². The Morgan fingerprint density at radius 2 is 2.11 bits per heavy atom. The number of aliphatic hydroxyl groups excluding tert-OH is 1. The van der Waals surface area contributed by atoms with Crippen LogP contribution < -0.4 is 0 Å². The van der Waals surface area contributed by atoms with Crippen molar-refractivity contribution in [2.45, 2.75) is 32.5 Å². The van der Waals surface area contributed by atoms with Gasteiger partial charge in [-0.25, -0.2) is 4.98 Å². The average molecular weight is 397 g/mol. The first-order valence-corrected chi connectivity index (χ1v) is 10.8. The average Bonchev–Trinajstić information content (AvgIpc) is 3.36. The zero-order valence-corrected chi connectivity index (χ0v) is 17.2. The number of aliphatic hydroxyl groups is 1. The van der Waals surface area contributed by atoms with Crippen LogP contribution in [0.4, 0.5) is 0 Å². The maximum absolute atomic E-state index is 9.57. The quantitative estimate of drug-likeness (QED) is 0.665. The zero-order chi connectivity index (χ0) is 19.3. The SMILES string of the molecule is Cc1cccc(-n2ccnc2CN2CCN(Cc3cccs3)[C@@H](CCO)C2)c1. The third-order valence-corrected chi connectivity index (χ3v) is 6.31. The molecule has 5 nitrogen and oxygen atoms in total. The molecule has 0 spiro atoms. The van der Waals surface area contributed by atoms with Crippen LogP contribution in [0, 0.1) is 6.92 Å². The van der Waals surface area contributed by atoms with Crippen LogP contribution in [0.25, 0.3) is 5.69 Å². The minimum absolute atomic E-state index is 0.233. The molecule has 6 heteroatoms. The molecule has 148 valence electrons. The molecule has 0 aliphatic carbocycles. The van der Waals surface area contributed by atoms with Crippen LogP contribution in [-0.4, -0.2) is 56.7 Å². The summed E-state index contributed by atoms with van der Waals surface area (Å²) in [5.74, 6) is 1.07. The molecule has 1 saturated heterocycles. The van der Waals surface area contributed by atoms with Crippen molar-refractivity contribution in [3.8, 4) is 5.69 Å². The number of benzene rings is 1. The molecule has 0 saturated carbocycles. The first kappa shape index (κ1) is 19.3. The summed E-state index contributed by atoms with van der Waals surface area (Å²) in [7, 11) is 0. The lowest BCUT2D eigenvalue weighted by Gasteiger charge is -2.41. The normalized spacial score (nSPS) is 18.6. The molecule has 2 aromatic heterocycles. The van der Waals surface area contributed by atoms with Gasteiger partial charge in [-0.1, -0.05) is 18.2 Å². The van der Waals surface area contributed by atoms with Gasteiger partial charge in [0.15, 0.2) is 0 Å². The van der Waals surface area contributed by atoms with Crippen LogP contribution in [-0.2, 0) is 13.1 Å². The van der Waals surface area contributed by atoms with Crippen LogP contribution in [0.5, 0.6) is 0 Å². The number of nitrogens with zero attached hydrogens (tertiary/aromatic N) is 4. The smallest absolute Gasteiger partial charge is 0.127 e. The van der Waals surface area contributed by atoms with Gasteiger partial charge in [-0.3, -0.25) is 9.80 Å². The highest BCUT2D eigenvalue weighted by atomic mass is 32.1. The summed E-state index contributed by atoms with van der Waals surface area (Å²) in [4.78, 5) is 11.0. The van der Waals surface area contributed by atoms with Crippen molar-refractivity contribution in [3.05, 3.63) is 70.4 Å². The number of piperazine rings is 1. The lowest BCUT2D eigenvalue weighted by Crippen LogP contribution is -2.52. The molecule has 0 radical (unpaired) electrons. The molecule has 3 heterocycles. The highest BCUT2D eigenvalue weighted by Crippen LogP contribution is 2.21. The maximum Gasteiger partial charge on any atom is 0.127 e. The van der Waals surface area contributed by atoms with Gasteiger partial charge < -0.3 is 9.67 Å². The summed E-state index contributed by atoms with van der Waals surface area (Å²) in [6.45, 7) is 7.17. The minimum atomic E-state index is 0.233. The van der Waals surface area contributed by atoms with E-state index in [1.165, 1.54) is 10.4 Å². The molecule has 0 bridgehead atoms. The Balaban J connectivity index is 1.44. The molecule has 1 atom stereocenters. The highest BCUT2D eigenvalue weighted by Gasteiger charge is 2.27. The summed E-state index contributed by atoms with van der Waals surface area (Å²) >= 11 is 1.81. The van der Waals surface area contributed by atoms with Crippen LogP contribution in [0.1, 0.15) is 22.7 Å². The van der Waals surface area contributed by atoms with Gasteiger partial charge in [0.2, 0.25) is 0 Å². The van der Waals surface area contributed by atoms with E-state index in [1.54, 1.807) is 0 Å². The minimum Gasteiger partial charge on any atom is -0.396 e. The van der Waals surface area contributed by atoms with Crippen LogP contribution in [0.2, 0.25) is 0 Å². The van der Waals surface area contributed by atoms with Crippen molar-refractivity contribution in [2.75, 3.05) is 26.2 Å². The van der Waals surface area contributed by atoms with Gasteiger partial charge in [0.25, 0.3) is 0 Å². The molecular weight excluding hydrogens is 368 g/mol. The van der Waals surface area contributed by atoms with E-state index in [-0.39, 0.29) is 6.61 Å². The predicted octanol–water partition coefficient (Wildman–Crippen LogP) is 3.31. The van der Waals surface area contributed by atoms with Crippen molar-refractivity contribution in [1.82, 2.24) is 19.4 Å². The Labute approximate surface area is 170 Å². The second-order valence-electron chi connectivity index (χ2n) is 7.50. The fourth-order valence-electron chi connectivity index (χ4n) is 4.00. The second-order valence-corrected chi connectivity index (χ2v) is 8.54. The fraction of sp³-hybridized carbons (Fsp3) is 0.409. The molecule has 0 amide bonds. The number of thiophene rings is 1. The first-order valence-electron chi connectivity index (χ1n) is 9.92. The van der Waals surface area contributed by atoms with Gasteiger partial charge in [0, 0.05) is 61.8 Å². The van der Waals surface area contributed by atoms with Crippen molar-refractivity contribution >= 4 is 11.3 Å². The summed E-state index contributed by atoms with van der Waals surface area (Å²) in [6.07, 6.45) is 4.74. The van der Waals surface area contributed by atoms with Gasteiger partial charge in [-0.2, -0.15) is 0 Å². The third-order valence-electron chi connectivity index (χ3n) is 5.45. The Hall–Kier alpha value is -1.99. The molecule has 4 rings (SSSR count). The molecule has 1 fully saturated rings. The van der Waals surface area contributed by atoms with Gasteiger partial charge in [0.05, 0.1) is 6.54 Å². The largest absolute Gasteiger partial charge is 0.396 e. The van der Waals surface area contributed by atoms with E-state index < -0.39 is 0 Å². The summed E-state index contributed by atoms with van der Waals surface area (Å²) in [6, 6.07) is 13.2. The van der Waals surface area contributed by atoms with E-state index in [2.05, 4.69) is 68.1 Å². The first-order chi connectivity index (χ1) is 13.7. The monoisotopic (exact) mass is 396 g/mol. The molecule has 1 aliphatic heterocycles. The van der Waals surface area contributed by atoms with Crippen molar-refractivity contribution in [3.63, 3.8) is 0 Å². The molecule has 1 N–H and O–H groups in total. The standard InChI is InChI=1S/C22H28N4OS/c1-18-4-2-5-19(14-18)26-9-8-23-22(26)17-24-10-11-25(20(15-24)7-12-27)16-21-6-3-13-28-21/h2-6,8-9,13-14,20,27H,7,10-12,15-17H2,1H3/t20-/m0/s1. The molecule has 1 aromatic carbocycles. The molecule has 0 unspecified atom stereocenters. The molecule has 28 heavy (non-hydrogen) atoms. The second kappa shape index (κ2) is 9.01. The van der Waals surface area contributed by atoms with Gasteiger partial charge >= 0.3 is 0 Å². The third kappa shape index (κ3) is 4.52. The van der Waals surface area contributed by atoms with Crippen LogP contribution >= 0.6 is 11.3 Å². The predicted molar refractivity (Wildman–Crippen MR) is 114 cm³/mol. The summed E-state index contributed by atoms with van der Waals surface area (Å²) < 4.78 is 2.19. The topological polar surface area (TPSA) is 44.5 Å². The number of hydrogen-bond acceptors (Lipinski definition) is 5. The van der Waals surface area contributed by atoms with E-state index in [9.17, 15) is 5.11 Å². The maximum atomic E-state index is 9.57. The van der Waals surface area contributed by atoms with Crippen LogP contribution in [0.3, 0.4) is 0 Å². The summed E-state index contributed by atoms with van der Waals surface area (Å²) in [5, 5.41) is 11.7. The summed E-state index contributed by atoms with van der Waals surface area (Å²) in [5.41, 5.74) is 2.41. The molecule has 1 aliphatic rings. The van der Waals surface area contributed by atoms with Crippen molar-refractivity contribution < 1.29 is 5.11 Å². The Kier molecular flexibility index (Phi) is 6.22. The number of aryl methyl sites for hydroxylation is 1. The number of imidazole rings is 1.